The van der Waals surface area contributed by atoms with Gasteiger partial charge in [0.15, 0.2) is 5.69 Å². The highest BCUT2D eigenvalue weighted by Crippen LogP contribution is 2.20. The van der Waals surface area contributed by atoms with Crippen LogP contribution in [0.1, 0.15) is 24.3 Å². The molecule has 0 bridgehead atoms. The number of hydrogen-bond acceptors (Lipinski definition) is 3. The van der Waals surface area contributed by atoms with E-state index in [2.05, 4.69) is 5.10 Å². The number of aromatic nitrogens is 2. The first kappa shape index (κ1) is 11.6. The lowest BCUT2D eigenvalue weighted by atomic mass is 10.1. The number of rotatable bonds is 3. The maximum atomic E-state index is 11.1. The first-order valence-corrected chi connectivity index (χ1v) is 5.30. The maximum Gasteiger partial charge on any atom is 0.357 e. The van der Waals surface area contributed by atoms with Gasteiger partial charge in [-0.1, -0.05) is 18.2 Å². The molecule has 1 aromatic heterocycles. The fourth-order valence-corrected chi connectivity index (χ4v) is 1.77. The molecule has 0 radical (unpaired) electrons. The van der Waals surface area contributed by atoms with Crippen molar-refractivity contribution in [3.63, 3.8) is 0 Å². The van der Waals surface area contributed by atoms with Crippen LogP contribution in [0, 0.1) is 0 Å². The summed E-state index contributed by atoms with van der Waals surface area (Å²) in [7, 11) is 0. The van der Waals surface area contributed by atoms with Gasteiger partial charge in [0.05, 0.1) is 17.7 Å². The van der Waals surface area contributed by atoms with Crippen molar-refractivity contribution in [3.05, 3.63) is 30.0 Å². The monoisotopic (exact) mass is 234 g/mol. The molecule has 0 atom stereocenters. The molecule has 0 aliphatic rings. The quantitative estimate of drug-likeness (QED) is 0.844. The van der Waals surface area contributed by atoms with E-state index in [0.717, 1.165) is 0 Å². The lowest BCUT2D eigenvalue weighted by Crippen LogP contribution is -2.26. The molecule has 0 saturated carbocycles. The second-order valence-electron chi connectivity index (χ2n) is 4.64. The zero-order valence-electron chi connectivity index (χ0n) is 9.71. The van der Waals surface area contributed by atoms with Gasteiger partial charge in [-0.25, -0.2) is 4.79 Å². The summed E-state index contributed by atoms with van der Waals surface area (Å²) in [4.78, 5) is 11.1. The summed E-state index contributed by atoms with van der Waals surface area (Å²) in [6, 6.07) is 7.09. The van der Waals surface area contributed by atoms with E-state index < -0.39 is 11.6 Å². The molecule has 17 heavy (non-hydrogen) atoms. The van der Waals surface area contributed by atoms with Crippen LogP contribution in [0.2, 0.25) is 0 Å². The van der Waals surface area contributed by atoms with Gasteiger partial charge in [-0.2, -0.15) is 5.10 Å². The highest BCUT2D eigenvalue weighted by Gasteiger charge is 2.20. The molecule has 0 spiro atoms. The molecular weight excluding hydrogens is 220 g/mol. The number of aromatic carboxylic acids is 1. The van der Waals surface area contributed by atoms with Crippen LogP contribution in [0.3, 0.4) is 0 Å². The molecule has 90 valence electrons. The first-order chi connectivity index (χ1) is 7.88. The molecule has 5 nitrogen and oxygen atoms in total. The number of carboxylic acids is 1. The summed E-state index contributed by atoms with van der Waals surface area (Å²) < 4.78 is 1.53. The third-order valence-corrected chi connectivity index (χ3v) is 2.40. The van der Waals surface area contributed by atoms with Gasteiger partial charge in [0, 0.05) is 5.39 Å². The van der Waals surface area contributed by atoms with Gasteiger partial charge in [-0.05, 0) is 19.9 Å². The summed E-state index contributed by atoms with van der Waals surface area (Å²) in [5, 5.41) is 23.4. The van der Waals surface area contributed by atoms with Crippen molar-refractivity contribution >= 4 is 16.9 Å². The number of nitrogens with zero attached hydrogens (tertiary/aromatic N) is 2. The molecule has 1 aromatic carbocycles. The van der Waals surface area contributed by atoms with Gasteiger partial charge in [-0.15, -0.1) is 0 Å². The summed E-state index contributed by atoms with van der Waals surface area (Å²) in [5.74, 6) is -1.06. The van der Waals surface area contributed by atoms with E-state index >= 15 is 0 Å². The van der Waals surface area contributed by atoms with Crippen LogP contribution >= 0.6 is 0 Å². The molecule has 5 heteroatoms. The van der Waals surface area contributed by atoms with Gasteiger partial charge < -0.3 is 10.2 Å². The fourth-order valence-electron chi connectivity index (χ4n) is 1.77. The Labute approximate surface area is 98.3 Å². The molecule has 2 rings (SSSR count). The van der Waals surface area contributed by atoms with Crippen LogP contribution in [-0.4, -0.2) is 31.6 Å². The number of benzene rings is 1. The molecular formula is C12H14N2O3. The van der Waals surface area contributed by atoms with E-state index in [-0.39, 0.29) is 12.2 Å². The number of aliphatic hydroxyl groups is 1. The summed E-state index contributed by atoms with van der Waals surface area (Å²) >= 11 is 0. The summed E-state index contributed by atoms with van der Waals surface area (Å²) in [6.45, 7) is 3.56. The number of hydrogen-bond donors (Lipinski definition) is 2. The Morgan fingerprint density at radius 3 is 2.65 bits per heavy atom. The van der Waals surface area contributed by atoms with Crippen LogP contribution in [0.5, 0.6) is 0 Å². The minimum absolute atomic E-state index is 0.0184. The third-order valence-electron chi connectivity index (χ3n) is 2.40. The Morgan fingerprint density at radius 1 is 1.41 bits per heavy atom. The molecule has 2 aromatic rings. The second-order valence-corrected chi connectivity index (χ2v) is 4.64. The molecule has 0 saturated heterocycles. The van der Waals surface area contributed by atoms with Gasteiger partial charge in [-0.3, -0.25) is 4.68 Å². The van der Waals surface area contributed by atoms with E-state index in [0.29, 0.717) is 10.9 Å². The fraction of sp³-hybridized carbons (Fsp3) is 0.333. The molecule has 0 aliphatic carbocycles. The lowest BCUT2D eigenvalue weighted by molar-refractivity contribution is 0.0576. The van der Waals surface area contributed by atoms with Crippen molar-refractivity contribution < 1.29 is 15.0 Å². The minimum atomic E-state index is -1.06. The van der Waals surface area contributed by atoms with Crippen molar-refractivity contribution in [2.24, 2.45) is 0 Å². The van der Waals surface area contributed by atoms with Crippen LogP contribution in [0.25, 0.3) is 10.9 Å². The average Bonchev–Trinajstić information content (AvgIpc) is 2.55. The standard InChI is InChI=1S/C12H14N2O3/c1-12(2,17)7-14-9-6-4-3-5-8(9)10(13-14)11(15)16/h3-6,17H,7H2,1-2H3,(H,15,16). The van der Waals surface area contributed by atoms with Crippen LogP contribution in [0.15, 0.2) is 24.3 Å². The van der Waals surface area contributed by atoms with Crippen molar-refractivity contribution in [2.75, 3.05) is 0 Å². The lowest BCUT2D eigenvalue weighted by Gasteiger charge is -2.17. The Morgan fingerprint density at radius 2 is 2.06 bits per heavy atom. The SMILES string of the molecule is CC(C)(O)Cn1nc(C(=O)O)c2ccccc21. The maximum absolute atomic E-state index is 11.1. The van der Waals surface area contributed by atoms with E-state index in [1.807, 2.05) is 6.07 Å². The molecule has 1 heterocycles. The Hall–Kier alpha value is -1.88. The second kappa shape index (κ2) is 3.85. The number of fused-ring (bicyclic) bond motifs is 1. The van der Waals surface area contributed by atoms with E-state index in [1.165, 1.54) is 4.68 Å². The third kappa shape index (κ3) is 2.29. The Kier molecular flexibility index (Phi) is 2.63. The van der Waals surface area contributed by atoms with Crippen molar-refractivity contribution in [1.82, 2.24) is 9.78 Å². The smallest absolute Gasteiger partial charge is 0.357 e. The minimum Gasteiger partial charge on any atom is -0.476 e. The predicted octanol–water partition coefficient (Wildman–Crippen LogP) is 1.51. The van der Waals surface area contributed by atoms with Crippen LogP contribution in [0.4, 0.5) is 0 Å². The normalized spacial score (nSPS) is 11.9. The topological polar surface area (TPSA) is 75.3 Å². The van der Waals surface area contributed by atoms with Gasteiger partial charge in [0.2, 0.25) is 0 Å². The Balaban J connectivity index is 2.61. The molecule has 0 fully saturated rings. The predicted molar refractivity (Wildman–Crippen MR) is 63.0 cm³/mol. The highest BCUT2D eigenvalue weighted by molar-refractivity contribution is 6.01. The molecule has 0 aliphatic heterocycles. The molecule has 0 unspecified atom stereocenters. The van der Waals surface area contributed by atoms with Gasteiger partial charge in [0.25, 0.3) is 0 Å². The highest BCUT2D eigenvalue weighted by atomic mass is 16.4. The van der Waals surface area contributed by atoms with Gasteiger partial charge >= 0.3 is 5.97 Å². The molecule has 2 N–H and O–H groups in total. The van der Waals surface area contributed by atoms with Crippen LogP contribution in [-0.2, 0) is 6.54 Å². The summed E-state index contributed by atoms with van der Waals surface area (Å²) in [6.07, 6.45) is 0. The number of carbonyl (C=O) groups is 1. The van der Waals surface area contributed by atoms with E-state index in [1.54, 1.807) is 32.0 Å². The van der Waals surface area contributed by atoms with Crippen molar-refractivity contribution in [1.29, 1.82) is 0 Å². The molecule has 0 amide bonds. The zero-order chi connectivity index (χ0) is 12.6. The Bertz CT molecular complexity index is 567. The number of carboxylic acid groups (broad SMARTS) is 1. The van der Waals surface area contributed by atoms with Crippen LogP contribution < -0.4 is 0 Å². The van der Waals surface area contributed by atoms with Gasteiger partial charge in [0.1, 0.15) is 0 Å². The first-order valence-electron chi connectivity index (χ1n) is 5.30. The number of para-hydroxylation sites is 1. The summed E-state index contributed by atoms with van der Waals surface area (Å²) in [5.41, 5.74) is -0.207. The van der Waals surface area contributed by atoms with E-state index in [9.17, 15) is 9.90 Å². The largest absolute Gasteiger partial charge is 0.476 e. The van der Waals surface area contributed by atoms with E-state index in [4.69, 9.17) is 5.11 Å². The van der Waals surface area contributed by atoms with Crippen molar-refractivity contribution in [3.8, 4) is 0 Å². The van der Waals surface area contributed by atoms with Crippen molar-refractivity contribution in [2.45, 2.75) is 26.0 Å². The zero-order valence-corrected chi connectivity index (χ0v) is 9.71. The average molecular weight is 234 g/mol.